The molecule has 88 valence electrons. The van der Waals surface area contributed by atoms with Gasteiger partial charge in [0.2, 0.25) is 0 Å². The summed E-state index contributed by atoms with van der Waals surface area (Å²) in [6.07, 6.45) is 7.19. The molecule has 1 N–H and O–H groups in total. The van der Waals surface area contributed by atoms with Crippen LogP contribution in [0.2, 0.25) is 0 Å². The number of hydrogen-bond acceptors (Lipinski definition) is 2. The standard InChI is InChI=1S/C14H17N3/c1-17-9-8-15-13(17)10-12-5-2-4-11-6-3-7-16-14(11)12/h2,4-5,8-9,16H,3,6-7,10H2,1H3. The van der Waals surface area contributed by atoms with E-state index >= 15 is 0 Å². The van der Waals surface area contributed by atoms with Crippen molar-refractivity contribution < 1.29 is 0 Å². The monoisotopic (exact) mass is 227 g/mol. The van der Waals surface area contributed by atoms with E-state index in [2.05, 4.69) is 33.1 Å². The zero-order valence-corrected chi connectivity index (χ0v) is 10.1. The van der Waals surface area contributed by atoms with Crippen LogP contribution in [0.3, 0.4) is 0 Å². The van der Waals surface area contributed by atoms with Gasteiger partial charge in [-0.2, -0.15) is 0 Å². The van der Waals surface area contributed by atoms with Gasteiger partial charge in [-0.1, -0.05) is 18.2 Å². The Hall–Kier alpha value is -1.77. The minimum atomic E-state index is 0.902. The first kappa shape index (κ1) is 10.4. The summed E-state index contributed by atoms with van der Waals surface area (Å²) in [7, 11) is 2.05. The van der Waals surface area contributed by atoms with Crippen molar-refractivity contribution >= 4 is 5.69 Å². The number of rotatable bonds is 2. The van der Waals surface area contributed by atoms with Gasteiger partial charge < -0.3 is 9.88 Å². The van der Waals surface area contributed by atoms with Crippen LogP contribution < -0.4 is 5.32 Å². The summed E-state index contributed by atoms with van der Waals surface area (Å²) in [6, 6.07) is 6.58. The highest BCUT2D eigenvalue weighted by atomic mass is 15.0. The molecule has 2 aromatic rings. The van der Waals surface area contributed by atoms with Gasteiger partial charge >= 0.3 is 0 Å². The third-order valence-corrected chi connectivity index (χ3v) is 3.43. The van der Waals surface area contributed by atoms with Crippen molar-refractivity contribution in [3.63, 3.8) is 0 Å². The Labute approximate surface area is 101 Å². The van der Waals surface area contributed by atoms with Crippen molar-refractivity contribution in [1.82, 2.24) is 9.55 Å². The van der Waals surface area contributed by atoms with E-state index in [1.165, 1.54) is 29.7 Å². The molecule has 3 nitrogen and oxygen atoms in total. The number of imidazole rings is 1. The summed E-state index contributed by atoms with van der Waals surface area (Å²) < 4.78 is 2.09. The largest absolute Gasteiger partial charge is 0.385 e. The predicted molar refractivity (Wildman–Crippen MR) is 69.3 cm³/mol. The average molecular weight is 227 g/mol. The molecule has 0 atom stereocenters. The van der Waals surface area contributed by atoms with Gasteiger partial charge in [-0.3, -0.25) is 0 Å². The highest BCUT2D eigenvalue weighted by Crippen LogP contribution is 2.27. The molecule has 1 aliphatic rings. The number of aromatic nitrogens is 2. The van der Waals surface area contributed by atoms with Gasteiger partial charge in [-0.25, -0.2) is 4.98 Å². The van der Waals surface area contributed by atoms with Crippen molar-refractivity contribution in [3.8, 4) is 0 Å². The molecule has 0 radical (unpaired) electrons. The smallest absolute Gasteiger partial charge is 0.112 e. The van der Waals surface area contributed by atoms with Crippen molar-refractivity contribution in [2.24, 2.45) is 7.05 Å². The molecule has 0 saturated heterocycles. The number of nitrogens with one attached hydrogen (secondary N) is 1. The fourth-order valence-corrected chi connectivity index (χ4v) is 2.47. The molecule has 17 heavy (non-hydrogen) atoms. The highest BCUT2D eigenvalue weighted by molar-refractivity contribution is 5.59. The number of para-hydroxylation sites is 1. The zero-order valence-electron chi connectivity index (χ0n) is 10.1. The lowest BCUT2D eigenvalue weighted by Gasteiger charge is -2.21. The maximum absolute atomic E-state index is 4.40. The molecule has 1 aromatic carbocycles. The quantitative estimate of drug-likeness (QED) is 0.853. The zero-order chi connectivity index (χ0) is 11.7. The molecule has 3 rings (SSSR count). The number of aryl methyl sites for hydroxylation is 2. The molecular weight excluding hydrogens is 210 g/mol. The van der Waals surface area contributed by atoms with Gasteiger partial charge in [0.1, 0.15) is 5.82 Å². The van der Waals surface area contributed by atoms with E-state index in [0.29, 0.717) is 0 Å². The van der Waals surface area contributed by atoms with Crippen LogP contribution in [0.1, 0.15) is 23.4 Å². The van der Waals surface area contributed by atoms with Gasteiger partial charge in [0.25, 0.3) is 0 Å². The molecule has 2 heterocycles. The fraction of sp³-hybridized carbons (Fsp3) is 0.357. The van der Waals surface area contributed by atoms with Gasteiger partial charge in [-0.15, -0.1) is 0 Å². The molecule has 0 amide bonds. The van der Waals surface area contributed by atoms with Gasteiger partial charge in [0, 0.05) is 38.1 Å². The lowest BCUT2D eigenvalue weighted by molar-refractivity contribution is 0.805. The molecule has 0 unspecified atom stereocenters. The third kappa shape index (κ3) is 1.93. The van der Waals surface area contributed by atoms with E-state index in [1.54, 1.807) is 0 Å². The maximum Gasteiger partial charge on any atom is 0.112 e. The predicted octanol–water partition coefficient (Wildman–Crippen LogP) is 2.37. The van der Waals surface area contributed by atoms with Gasteiger partial charge in [0.05, 0.1) is 0 Å². The minimum Gasteiger partial charge on any atom is -0.385 e. The first-order valence-electron chi connectivity index (χ1n) is 6.15. The van der Waals surface area contributed by atoms with Crippen LogP contribution in [0.15, 0.2) is 30.6 Å². The summed E-state index contributed by atoms with van der Waals surface area (Å²) in [5.74, 6) is 1.12. The van der Waals surface area contributed by atoms with Crippen molar-refractivity contribution in [2.45, 2.75) is 19.3 Å². The van der Waals surface area contributed by atoms with Crippen LogP contribution in [-0.2, 0) is 19.9 Å². The minimum absolute atomic E-state index is 0.902. The molecule has 0 aliphatic carbocycles. The molecule has 1 aliphatic heterocycles. The van der Waals surface area contributed by atoms with E-state index in [1.807, 2.05) is 19.4 Å². The van der Waals surface area contributed by atoms with Crippen LogP contribution in [0.5, 0.6) is 0 Å². The normalized spacial score (nSPS) is 14.2. The molecule has 0 bridgehead atoms. The molecule has 0 fully saturated rings. The Morgan fingerprint density at radius 2 is 2.35 bits per heavy atom. The molecule has 0 saturated carbocycles. The van der Waals surface area contributed by atoms with E-state index in [0.717, 1.165) is 18.8 Å². The third-order valence-electron chi connectivity index (χ3n) is 3.43. The van der Waals surface area contributed by atoms with Crippen LogP contribution in [0.4, 0.5) is 5.69 Å². The van der Waals surface area contributed by atoms with Crippen molar-refractivity contribution in [2.75, 3.05) is 11.9 Å². The number of benzene rings is 1. The SMILES string of the molecule is Cn1ccnc1Cc1cccc2c1NCCC2. The maximum atomic E-state index is 4.40. The fourth-order valence-electron chi connectivity index (χ4n) is 2.47. The number of nitrogens with zero attached hydrogens (tertiary/aromatic N) is 2. The summed E-state index contributed by atoms with van der Waals surface area (Å²) >= 11 is 0. The molecule has 0 spiro atoms. The van der Waals surface area contributed by atoms with Crippen molar-refractivity contribution in [3.05, 3.63) is 47.5 Å². The molecule has 3 heteroatoms. The average Bonchev–Trinajstić information content (AvgIpc) is 2.76. The number of hydrogen-bond donors (Lipinski definition) is 1. The molecule has 1 aromatic heterocycles. The summed E-state index contributed by atoms with van der Waals surface area (Å²) in [6.45, 7) is 1.09. The van der Waals surface area contributed by atoms with Crippen LogP contribution >= 0.6 is 0 Å². The Kier molecular flexibility index (Phi) is 2.59. The van der Waals surface area contributed by atoms with E-state index in [4.69, 9.17) is 0 Å². The first-order chi connectivity index (χ1) is 8.34. The molecular formula is C14H17N3. The Bertz CT molecular complexity index is 528. The number of fused-ring (bicyclic) bond motifs is 1. The van der Waals surface area contributed by atoms with Crippen LogP contribution in [0, 0.1) is 0 Å². The second-order valence-electron chi connectivity index (χ2n) is 4.61. The second kappa shape index (κ2) is 4.24. The highest BCUT2D eigenvalue weighted by Gasteiger charge is 2.13. The number of anilines is 1. The Morgan fingerprint density at radius 3 is 3.18 bits per heavy atom. The Morgan fingerprint density at radius 1 is 1.41 bits per heavy atom. The topological polar surface area (TPSA) is 29.9 Å². The van der Waals surface area contributed by atoms with Gasteiger partial charge in [-0.05, 0) is 24.0 Å². The lowest BCUT2D eigenvalue weighted by atomic mass is 9.98. The Balaban J connectivity index is 1.95. The second-order valence-corrected chi connectivity index (χ2v) is 4.61. The van der Waals surface area contributed by atoms with E-state index in [-0.39, 0.29) is 0 Å². The van der Waals surface area contributed by atoms with Crippen molar-refractivity contribution in [1.29, 1.82) is 0 Å². The lowest BCUT2D eigenvalue weighted by Crippen LogP contribution is -2.14. The van der Waals surface area contributed by atoms with Crippen LogP contribution in [0.25, 0.3) is 0 Å². The van der Waals surface area contributed by atoms with E-state index in [9.17, 15) is 0 Å². The van der Waals surface area contributed by atoms with Gasteiger partial charge in [0.15, 0.2) is 0 Å². The van der Waals surface area contributed by atoms with E-state index < -0.39 is 0 Å². The van der Waals surface area contributed by atoms with Crippen LogP contribution in [-0.4, -0.2) is 16.1 Å². The summed E-state index contributed by atoms with van der Waals surface area (Å²) in [5, 5.41) is 3.53. The summed E-state index contributed by atoms with van der Waals surface area (Å²) in [5.41, 5.74) is 4.14. The summed E-state index contributed by atoms with van der Waals surface area (Å²) in [4.78, 5) is 4.40. The first-order valence-corrected chi connectivity index (χ1v) is 6.15.